The quantitative estimate of drug-likeness (QED) is 0.193. The van der Waals surface area contributed by atoms with Crippen LogP contribution < -0.4 is 24.5 Å². The van der Waals surface area contributed by atoms with Gasteiger partial charge in [0, 0.05) is 35.5 Å². The van der Waals surface area contributed by atoms with Crippen molar-refractivity contribution < 1.29 is 28.5 Å². The number of methoxy groups -OCH3 is 1. The summed E-state index contributed by atoms with van der Waals surface area (Å²) in [5.41, 5.74) is 1.65. The molecule has 0 unspecified atom stereocenters. The van der Waals surface area contributed by atoms with Crippen molar-refractivity contribution in [1.82, 2.24) is 0 Å². The molecule has 1 aliphatic rings. The van der Waals surface area contributed by atoms with E-state index in [1.807, 2.05) is 39.8 Å². The molecule has 0 spiro atoms. The second-order valence-electron chi connectivity index (χ2n) is 10.6. The number of hydrogen-bond donors (Lipinski definition) is 1. The van der Waals surface area contributed by atoms with Crippen molar-refractivity contribution in [2.24, 2.45) is 0 Å². The highest BCUT2D eigenvalue weighted by molar-refractivity contribution is 6.30. The number of ether oxygens (including phenoxy) is 3. The Hall–Kier alpha value is -4.43. The highest BCUT2D eigenvalue weighted by atomic mass is 35.5. The highest BCUT2D eigenvalue weighted by Gasteiger charge is 2.29. The lowest BCUT2D eigenvalue weighted by molar-refractivity contribution is 0.158. The smallest absolute Gasteiger partial charge is 0.419 e. The van der Waals surface area contributed by atoms with E-state index in [0.717, 1.165) is 5.57 Å². The molecule has 1 aromatic heterocycles. The molecule has 212 valence electrons. The number of aromatic hydroxyl groups is 1. The molecule has 0 saturated heterocycles. The second-order valence-corrected chi connectivity index (χ2v) is 11.1. The molecule has 0 aliphatic carbocycles. The molecule has 3 aromatic carbocycles. The van der Waals surface area contributed by atoms with Gasteiger partial charge in [0.2, 0.25) is 5.43 Å². The summed E-state index contributed by atoms with van der Waals surface area (Å²) in [7, 11) is 2.99. The molecule has 1 amide bonds. The number of allylic oxidation sites excluding steroid dienone is 2. The van der Waals surface area contributed by atoms with Crippen molar-refractivity contribution in [3.8, 4) is 23.0 Å². The fourth-order valence-electron chi connectivity index (χ4n) is 4.78. The minimum absolute atomic E-state index is 0.0233. The van der Waals surface area contributed by atoms with E-state index in [2.05, 4.69) is 0 Å². The van der Waals surface area contributed by atoms with E-state index in [1.165, 1.54) is 18.1 Å². The molecule has 4 aromatic rings. The molecule has 8 nitrogen and oxygen atoms in total. The van der Waals surface area contributed by atoms with Crippen LogP contribution in [0, 0.1) is 0 Å². The van der Waals surface area contributed by atoms with E-state index in [4.69, 9.17) is 30.2 Å². The predicted molar refractivity (Wildman–Crippen MR) is 161 cm³/mol. The molecular formula is C32H30ClNO7. The number of carbonyl (C=O) groups is 1. The zero-order valence-electron chi connectivity index (χ0n) is 23.6. The fourth-order valence-corrected chi connectivity index (χ4v) is 4.96. The first-order valence-corrected chi connectivity index (χ1v) is 13.4. The lowest BCUT2D eigenvalue weighted by Gasteiger charge is -2.28. The van der Waals surface area contributed by atoms with Crippen LogP contribution in [0.5, 0.6) is 23.0 Å². The zero-order valence-corrected chi connectivity index (χ0v) is 24.4. The van der Waals surface area contributed by atoms with Crippen molar-refractivity contribution in [2.75, 3.05) is 19.1 Å². The maximum Gasteiger partial charge on any atom is 0.419 e. The van der Waals surface area contributed by atoms with Gasteiger partial charge in [-0.3, -0.25) is 9.69 Å². The molecule has 1 N–H and O–H groups in total. The molecular weight excluding hydrogens is 546 g/mol. The number of amides is 1. The largest absolute Gasteiger partial charge is 0.506 e. The van der Waals surface area contributed by atoms with E-state index in [9.17, 15) is 14.7 Å². The molecule has 9 heteroatoms. The molecule has 0 fully saturated rings. The van der Waals surface area contributed by atoms with Crippen LogP contribution in [0.15, 0.2) is 63.3 Å². The minimum atomic E-state index is -0.699. The van der Waals surface area contributed by atoms with E-state index in [0.29, 0.717) is 27.6 Å². The van der Waals surface area contributed by atoms with Crippen LogP contribution in [0.4, 0.5) is 10.5 Å². The van der Waals surface area contributed by atoms with Gasteiger partial charge in [-0.15, -0.1) is 0 Å². The van der Waals surface area contributed by atoms with Gasteiger partial charge in [0.25, 0.3) is 0 Å². The number of phenolic OH excluding ortho intramolecular Hbond substituents is 1. The number of fused-ring (bicyclic) bond motifs is 3. The molecule has 0 bridgehead atoms. The third-order valence-corrected chi connectivity index (χ3v) is 7.09. The summed E-state index contributed by atoms with van der Waals surface area (Å²) < 4.78 is 23.7. The Morgan fingerprint density at radius 3 is 2.56 bits per heavy atom. The minimum Gasteiger partial charge on any atom is -0.506 e. The topological polar surface area (TPSA) is 98.4 Å². The first-order chi connectivity index (χ1) is 19.4. The normalized spacial score (nSPS) is 13.4. The molecule has 0 saturated carbocycles. The Kier molecular flexibility index (Phi) is 7.21. The SMILES string of the molecule is COc1c(OC(=O)N(C)c2cccc(Cl)c2)cc2oc3cc4c(c(O)c3c(=O)c2c1CC=C(C)C)C=CC(C)(C)O4. The van der Waals surface area contributed by atoms with Gasteiger partial charge in [-0.1, -0.05) is 29.3 Å². The predicted octanol–water partition coefficient (Wildman–Crippen LogP) is 7.64. The number of anilines is 1. The Bertz CT molecular complexity index is 1830. The van der Waals surface area contributed by atoms with Gasteiger partial charge in [-0.05, 0) is 64.5 Å². The number of nitrogens with zero attached hydrogens (tertiary/aromatic N) is 1. The number of halogens is 1. The van der Waals surface area contributed by atoms with Crippen LogP contribution in [0.25, 0.3) is 28.0 Å². The van der Waals surface area contributed by atoms with Crippen LogP contribution in [-0.4, -0.2) is 31.0 Å². The van der Waals surface area contributed by atoms with E-state index < -0.39 is 17.1 Å². The van der Waals surface area contributed by atoms with Crippen LogP contribution in [0.2, 0.25) is 5.02 Å². The average molecular weight is 576 g/mol. The standard InChI is InChI=1S/C32H30ClNO7/c1-17(2)10-11-21-26-23(16-25(30(21)38-6)40-31(37)34(5)19-9-7-8-18(33)14-19)39-24-15-22-20(12-13-32(3,4)41-22)28(35)27(24)29(26)36/h7-10,12-16,35H,11H2,1-6H3. The molecule has 41 heavy (non-hydrogen) atoms. The Labute approximate surface area is 242 Å². The van der Waals surface area contributed by atoms with Crippen molar-refractivity contribution in [2.45, 2.75) is 39.7 Å². The summed E-state index contributed by atoms with van der Waals surface area (Å²) in [4.78, 5) is 28.5. The molecule has 0 atom stereocenters. The van der Waals surface area contributed by atoms with Crippen molar-refractivity contribution in [1.29, 1.82) is 0 Å². The Morgan fingerprint density at radius 2 is 1.88 bits per heavy atom. The van der Waals surface area contributed by atoms with Gasteiger partial charge in [0.15, 0.2) is 11.5 Å². The van der Waals surface area contributed by atoms with Gasteiger partial charge in [0.05, 0.1) is 18.1 Å². The molecule has 0 radical (unpaired) electrons. The summed E-state index contributed by atoms with van der Waals surface area (Å²) in [6.45, 7) is 7.63. The average Bonchev–Trinajstić information content (AvgIpc) is 2.90. The lowest BCUT2D eigenvalue weighted by Crippen LogP contribution is -2.29. The van der Waals surface area contributed by atoms with Crippen molar-refractivity contribution in [3.05, 3.63) is 80.5 Å². The highest BCUT2D eigenvalue weighted by Crippen LogP contribution is 2.44. The van der Waals surface area contributed by atoms with Crippen LogP contribution in [0.1, 0.15) is 38.8 Å². The Balaban J connectivity index is 1.73. The first kappa shape index (κ1) is 28.1. The van der Waals surface area contributed by atoms with E-state index in [-0.39, 0.29) is 45.6 Å². The molecule has 1 aliphatic heterocycles. The molecule has 2 heterocycles. The fraction of sp³-hybridized carbons (Fsp3) is 0.250. The number of rotatable bonds is 5. The Morgan fingerprint density at radius 1 is 1.15 bits per heavy atom. The number of carbonyl (C=O) groups excluding carboxylic acids is 1. The summed E-state index contributed by atoms with van der Waals surface area (Å²) in [6.07, 6.45) is 5.07. The maximum absolute atomic E-state index is 14.0. The van der Waals surface area contributed by atoms with Crippen molar-refractivity contribution in [3.63, 3.8) is 0 Å². The van der Waals surface area contributed by atoms with Crippen molar-refractivity contribution >= 4 is 51.4 Å². The number of phenols is 1. The third-order valence-electron chi connectivity index (χ3n) is 6.86. The summed E-state index contributed by atoms with van der Waals surface area (Å²) in [5.74, 6) is 0.432. The lowest BCUT2D eigenvalue weighted by atomic mass is 9.97. The maximum atomic E-state index is 14.0. The summed E-state index contributed by atoms with van der Waals surface area (Å²) in [5, 5.41) is 11.9. The number of benzene rings is 3. The summed E-state index contributed by atoms with van der Waals surface area (Å²) >= 11 is 6.10. The van der Waals surface area contributed by atoms with E-state index >= 15 is 0 Å². The van der Waals surface area contributed by atoms with Crippen LogP contribution >= 0.6 is 11.6 Å². The zero-order chi connectivity index (χ0) is 29.6. The van der Waals surface area contributed by atoms with Gasteiger partial charge in [-0.2, -0.15) is 0 Å². The van der Waals surface area contributed by atoms with E-state index in [1.54, 1.807) is 43.5 Å². The van der Waals surface area contributed by atoms with Gasteiger partial charge < -0.3 is 23.7 Å². The number of hydrogen-bond acceptors (Lipinski definition) is 7. The van der Waals surface area contributed by atoms with Crippen LogP contribution in [-0.2, 0) is 6.42 Å². The van der Waals surface area contributed by atoms with Crippen LogP contribution in [0.3, 0.4) is 0 Å². The van der Waals surface area contributed by atoms with Gasteiger partial charge in [-0.25, -0.2) is 4.79 Å². The first-order valence-electron chi connectivity index (χ1n) is 13.0. The van der Waals surface area contributed by atoms with Gasteiger partial charge >= 0.3 is 6.09 Å². The summed E-state index contributed by atoms with van der Waals surface area (Å²) in [6, 6.07) is 9.83. The second kappa shape index (κ2) is 10.5. The third kappa shape index (κ3) is 5.23. The molecule has 5 rings (SSSR count). The monoisotopic (exact) mass is 575 g/mol. The van der Waals surface area contributed by atoms with Gasteiger partial charge in [0.1, 0.15) is 33.7 Å².